The van der Waals surface area contributed by atoms with Crippen LogP contribution in [-0.4, -0.2) is 46.0 Å². The van der Waals surface area contributed by atoms with Gasteiger partial charge < -0.3 is 14.8 Å². The number of aromatic amines is 1. The molecule has 4 rings (SSSR count). The highest BCUT2D eigenvalue weighted by Gasteiger charge is 2.13. The first-order valence-electron chi connectivity index (χ1n) is 9.24. The molecule has 10 heteroatoms. The lowest BCUT2D eigenvalue weighted by Crippen LogP contribution is -2.13. The first-order valence-corrected chi connectivity index (χ1v) is 11.1. The Balaban J connectivity index is 1.35. The van der Waals surface area contributed by atoms with Gasteiger partial charge in [-0.05, 0) is 18.2 Å². The lowest BCUT2D eigenvalue weighted by Gasteiger charge is -2.08. The molecule has 2 heterocycles. The van der Waals surface area contributed by atoms with E-state index in [0.29, 0.717) is 27.6 Å². The van der Waals surface area contributed by atoms with E-state index in [1.807, 2.05) is 53.9 Å². The predicted octanol–water partition coefficient (Wildman–Crippen LogP) is 4.34. The number of H-pyrrole nitrogens is 1. The van der Waals surface area contributed by atoms with Crippen molar-refractivity contribution in [1.82, 2.24) is 20.2 Å². The van der Waals surface area contributed by atoms with Gasteiger partial charge >= 0.3 is 0 Å². The van der Waals surface area contributed by atoms with E-state index in [1.54, 1.807) is 14.2 Å². The topological polar surface area (TPSA) is 102 Å². The number of nitrogens with zero attached hydrogens (tertiary/aromatic N) is 3. The van der Waals surface area contributed by atoms with Crippen molar-refractivity contribution in [2.45, 2.75) is 5.16 Å². The summed E-state index contributed by atoms with van der Waals surface area (Å²) >= 11 is 2.61. The van der Waals surface area contributed by atoms with Crippen molar-refractivity contribution in [3.63, 3.8) is 0 Å². The van der Waals surface area contributed by atoms with Crippen LogP contribution in [0.15, 0.2) is 59.1 Å². The second-order valence-corrected chi connectivity index (χ2v) is 8.08. The molecule has 0 spiro atoms. The second-order valence-electron chi connectivity index (χ2n) is 6.28. The molecule has 0 radical (unpaired) electrons. The van der Waals surface area contributed by atoms with Crippen molar-refractivity contribution in [2.24, 2.45) is 0 Å². The predicted molar refractivity (Wildman–Crippen MR) is 122 cm³/mol. The highest BCUT2D eigenvalue weighted by Crippen LogP contribution is 2.33. The Bertz CT molecular complexity index is 1180. The van der Waals surface area contributed by atoms with Gasteiger partial charge in [-0.15, -0.1) is 16.4 Å². The number of amides is 1. The molecule has 0 aliphatic carbocycles. The largest absolute Gasteiger partial charge is 0.493 e. The first kappa shape index (κ1) is 20.9. The number of carbonyl (C=O) groups excluding carboxylic acids is 1. The summed E-state index contributed by atoms with van der Waals surface area (Å²) in [6.07, 6.45) is 0. The maximum absolute atomic E-state index is 12.3. The van der Waals surface area contributed by atoms with Crippen LogP contribution >= 0.6 is 23.1 Å². The van der Waals surface area contributed by atoms with Gasteiger partial charge in [0, 0.05) is 16.5 Å². The Kier molecular flexibility index (Phi) is 6.48. The van der Waals surface area contributed by atoms with Crippen LogP contribution in [0.2, 0.25) is 0 Å². The third-order valence-corrected chi connectivity index (χ3v) is 5.88. The van der Waals surface area contributed by atoms with Crippen molar-refractivity contribution < 1.29 is 14.3 Å². The second kappa shape index (κ2) is 9.63. The molecule has 2 aromatic carbocycles. The Morgan fingerprint density at radius 1 is 1.06 bits per heavy atom. The van der Waals surface area contributed by atoms with Gasteiger partial charge in [-0.1, -0.05) is 42.1 Å². The molecular weight excluding hydrogens is 434 g/mol. The summed E-state index contributed by atoms with van der Waals surface area (Å²) in [5.74, 6) is 1.94. The van der Waals surface area contributed by atoms with Crippen LogP contribution in [0, 0.1) is 0 Å². The van der Waals surface area contributed by atoms with E-state index < -0.39 is 0 Å². The molecule has 2 aromatic heterocycles. The number of thioether (sulfide) groups is 1. The minimum Gasteiger partial charge on any atom is -0.493 e. The summed E-state index contributed by atoms with van der Waals surface area (Å²) in [5.41, 5.74) is 2.56. The fourth-order valence-electron chi connectivity index (χ4n) is 2.78. The van der Waals surface area contributed by atoms with Gasteiger partial charge in [0.1, 0.15) is 0 Å². The van der Waals surface area contributed by atoms with Gasteiger partial charge in [0.25, 0.3) is 0 Å². The summed E-state index contributed by atoms with van der Waals surface area (Å²) in [5, 5.41) is 12.8. The fourth-order valence-corrected chi connectivity index (χ4v) is 4.12. The van der Waals surface area contributed by atoms with Crippen molar-refractivity contribution in [1.29, 1.82) is 0 Å². The molecule has 8 nitrogen and oxygen atoms in total. The minimum atomic E-state index is -0.177. The molecule has 2 N–H and O–H groups in total. The number of aromatic nitrogens is 4. The van der Waals surface area contributed by atoms with Gasteiger partial charge in [-0.2, -0.15) is 0 Å². The van der Waals surface area contributed by atoms with Gasteiger partial charge in [0.2, 0.25) is 11.1 Å². The zero-order valence-corrected chi connectivity index (χ0v) is 18.4. The monoisotopic (exact) mass is 453 g/mol. The smallest absolute Gasteiger partial charge is 0.236 e. The van der Waals surface area contributed by atoms with Crippen LogP contribution in [0.5, 0.6) is 11.5 Å². The van der Waals surface area contributed by atoms with Gasteiger partial charge in [0.05, 0.1) is 25.7 Å². The quantitative estimate of drug-likeness (QED) is 0.383. The molecule has 0 aliphatic heterocycles. The molecular formula is C21H19N5O3S2. The Morgan fingerprint density at radius 2 is 1.87 bits per heavy atom. The van der Waals surface area contributed by atoms with Crippen LogP contribution in [0.1, 0.15) is 0 Å². The number of rotatable bonds is 8. The zero-order chi connectivity index (χ0) is 21.6. The Hall–Kier alpha value is -3.37. The molecule has 0 saturated carbocycles. The third-order valence-electron chi connectivity index (χ3n) is 4.27. The molecule has 0 aliphatic rings. The van der Waals surface area contributed by atoms with Gasteiger partial charge in [-0.25, -0.2) is 9.97 Å². The number of methoxy groups -OCH3 is 2. The maximum Gasteiger partial charge on any atom is 0.236 e. The first-order chi connectivity index (χ1) is 15.2. The number of hydrogen-bond acceptors (Lipinski definition) is 8. The van der Waals surface area contributed by atoms with Crippen LogP contribution in [0.4, 0.5) is 5.13 Å². The maximum atomic E-state index is 12.3. The SMILES string of the molecule is COc1ccc(-c2csc(NC(=O)CSc3n[nH]c(-c4ccccc4)n3)n2)cc1OC. The molecule has 0 saturated heterocycles. The average molecular weight is 454 g/mol. The lowest BCUT2D eigenvalue weighted by molar-refractivity contribution is -0.113. The van der Waals surface area contributed by atoms with E-state index in [-0.39, 0.29) is 11.7 Å². The molecule has 0 unspecified atom stereocenters. The number of nitrogens with one attached hydrogen (secondary N) is 2. The van der Waals surface area contributed by atoms with Crippen molar-refractivity contribution >= 4 is 34.1 Å². The summed E-state index contributed by atoms with van der Waals surface area (Å²) in [4.78, 5) is 21.2. The van der Waals surface area contributed by atoms with Crippen molar-refractivity contribution in [3.8, 4) is 34.1 Å². The number of ether oxygens (including phenoxy) is 2. The van der Waals surface area contributed by atoms with Crippen molar-refractivity contribution in [3.05, 3.63) is 53.9 Å². The normalized spacial score (nSPS) is 10.6. The van der Waals surface area contributed by atoms with Gasteiger partial charge in [0.15, 0.2) is 22.5 Å². The van der Waals surface area contributed by atoms with Crippen LogP contribution in [0.3, 0.4) is 0 Å². The molecule has 0 bridgehead atoms. The number of hydrogen-bond donors (Lipinski definition) is 2. The van der Waals surface area contributed by atoms with E-state index in [2.05, 4.69) is 25.5 Å². The zero-order valence-electron chi connectivity index (χ0n) is 16.8. The van der Waals surface area contributed by atoms with E-state index in [9.17, 15) is 4.79 Å². The van der Waals surface area contributed by atoms with Crippen molar-refractivity contribution in [2.75, 3.05) is 25.3 Å². The molecule has 0 fully saturated rings. The number of carbonyl (C=O) groups is 1. The summed E-state index contributed by atoms with van der Waals surface area (Å²) < 4.78 is 10.6. The summed E-state index contributed by atoms with van der Waals surface area (Å²) in [7, 11) is 3.18. The molecule has 1 amide bonds. The number of anilines is 1. The summed E-state index contributed by atoms with van der Waals surface area (Å²) in [6, 6.07) is 15.3. The highest BCUT2D eigenvalue weighted by atomic mass is 32.2. The molecule has 0 atom stereocenters. The molecule has 158 valence electrons. The van der Waals surface area contributed by atoms with E-state index >= 15 is 0 Å². The molecule has 31 heavy (non-hydrogen) atoms. The molecule has 4 aromatic rings. The number of thiazole rings is 1. The van der Waals surface area contributed by atoms with E-state index in [1.165, 1.54) is 23.1 Å². The average Bonchev–Trinajstić information content (AvgIpc) is 3.48. The van der Waals surface area contributed by atoms with Crippen LogP contribution < -0.4 is 14.8 Å². The third kappa shape index (κ3) is 5.04. The lowest BCUT2D eigenvalue weighted by atomic mass is 10.1. The number of benzene rings is 2. The fraction of sp³-hybridized carbons (Fsp3) is 0.143. The Morgan fingerprint density at radius 3 is 2.65 bits per heavy atom. The van der Waals surface area contributed by atoms with E-state index in [4.69, 9.17) is 9.47 Å². The highest BCUT2D eigenvalue weighted by molar-refractivity contribution is 7.99. The van der Waals surface area contributed by atoms with E-state index in [0.717, 1.165) is 16.8 Å². The summed E-state index contributed by atoms with van der Waals surface area (Å²) in [6.45, 7) is 0. The Labute approximate surface area is 187 Å². The van der Waals surface area contributed by atoms with Crippen LogP contribution in [-0.2, 0) is 4.79 Å². The van der Waals surface area contributed by atoms with Gasteiger partial charge in [-0.3, -0.25) is 9.89 Å². The minimum absolute atomic E-state index is 0.177. The standard InChI is InChI=1S/C21H19N5O3S2/c1-28-16-9-8-14(10-17(16)29-2)15-11-30-20(22-15)23-18(27)12-31-21-24-19(25-26-21)13-6-4-3-5-7-13/h3-11H,12H2,1-2H3,(H,22,23,27)(H,24,25,26). The van der Waals surface area contributed by atoms with Crippen LogP contribution in [0.25, 0.3) is 22.6 Å².